The summed E-state index contributed by atoms with van der Waals surface area (Å²) in [5.41, 5.74) is 5.44. The highest BCUT2D eigenvalue weighted by Crippen LogP contribution is 2.29. The second kappa shape index (κ2) is 6.39. The molecule has 0 aromatic heterocycles. The van der Waals surface area contributed by atoms with Gasteiger partial charge < -0.3 is 11.1 Å². The van der Waals surface area contributed by atoms with Crippen LogP contribution in [-0.4, -0.2) is 18.5 Å². The Labute approximate surface area is 106 Å². The Morgan fingerprint density at radius 2 is 1.88 bits per heavy atom. The van der Waals surface area contributed by atoms with Crippen LogP contribution < -0.4 is 11.1 Å². The van der Waals surface area contributed by atoms with Gasteiger partial charge in [0.2, 0.25) is 5.91 Å². The SMILES string of the molecule is CCC(CC)(CN)C(=O)N[C@H](C)C1CCCC1. The number of nitrogens with two attached hydrogens (primary N) is 1. The van der Waals surface area contributed by atoms with Gasteiger partial charge in [0.25, 0.3) is 0 Å². The molecule has 1 amide bonds. The molecule has 0 unspecified atom stereocenters. The summed E-state index contributed by atoms with van der Waals surface area (Å²) < 4.78 is 0. The molecule has 0 radical (unpaired) electrons. The first-order valence-electron chi connectivity index (χ1n) is 7.10. The molecule has 1 aliphatic rings. The van der Waals surface area contributed by atoms with Crippen LogP contribution in [0.5, 0.6) is 0 Å². The third-order valence-corrected chi connectivity index (χ3v) is 4.69. The molecule has 0 aromatic carbocycles. The van der Waals surface area contributed by atoms with Gasteiger partial charge in [0.1, 0.15) is 0 Å². The number of carbonyl (C=O) groups excluding carboxylic acids is 1. The van der Waals surface area contributed by atoms with Crippen molar-refractivity contribution in [3.63, 3.8) is 0 Å². The van der Waals surface area contributed by atoms with E-state index in [0.717, 1.165) is 12.8 Å². The summed E-state index contributed by atoms with van der Waals surface area (Å²) in [7, 11) is 0. The molecule has 17 heavy (non-hydrogen) atoms. The normalized spacial score (nSPS) is 19.3. The first-order valence-corrected chi connectivity index (χ1v) is 7.10. The van der Waals surface area contributed by atoms with Crippen LogP contribution in [-0.2, 0) is 4.79 Å². The molecule has 100 valence electrons. The quantitative estimate of drug-likeness (QED) is 0.749. The van der Waals surface area contributed by atoms with Gasteiger partial charge in [0.05, 0.1) is 5.41 Å². The smallest absolute Gasteiger partial charge is 0.227 e. The predicted octanol–water partition coefficient (Wildman–Crippen LogP) is 2.45. The number of hydrogen-bond donors (Lipinski definition) is 2. The molecule has 3 N–H and O–H groups in total. The van der Waals surface area contributed by atoms with E-state index < -0.39 is 0 Å². The second-order valence-corrected chi connectivity index (χ2v) is 5.50. The van der Waals surface area contributed by atoms with E-state index >= 15 is 0 Å². The number of carbonyl (C=O) groups is 1. The van der Waals surface area contributed by atoms with E-state index in [-0.39, 0.29) is 11.3 Å². The van der Waals surface area contributed by atoms with Crippen molar-refractivity contribution in [2.75, 3.05) is 6.54 Å². The molecule has 0 bridgehead atoms. The third-order valence-electron chi connectivity index (χ3n) is 4.69. The minimum absolute atomic E-state index is 0.157. The minimum atomic E-state index is -0.354. The zero-order valence-electron chi connectivity index (χ0n) is 11.6. The first-order chi connectivity index (χ1) is 8.09. The number of hydrogen-bond acceptors (Lipinski definition) is 2. The van der Waals surface area contributed by atoms with Crippen LogP contribution in [0.2, 0.25) is 0 Å². The lowest BCUT2D eigenvalue weighted by Gasteiger charge is -2.31. The van der Waals surface area contributed by atoms with E-state index in [9.17, 15) is 4.79 Å². The van der Waals surface area contributed by atoms with Gasteiger partial charge in [-0.15, -0.1) is 0 Å². The van der Waals surface area contributed by atoms with E-state index in [4.69, 9.17) is 5.73 Å². The van der Waals surface area contributed by atoms with Crippen molar-refractivity contribution in [2.24, 2.45) is 17.1 Å². The summed E-state index contributed by atoms with van der Waals surface area (Å²) in [4.78, 5) is 12.3. The average Bonchev–Trinajstić information content (AvgIpc) is 2.85. The Balaban J connectivity index is 2.56. The summed E-state index contributed by atoms with van der Waals surface area (Å²) in [6.45, 7) is 6.69. The monoisotopic (exact) mass is 240 g/mol. The Bertz CT molecular complexity index is 234. The molecule has 3 nitrogen and oxygen atoms in total. The van der Waals surface area contributed by atoms with Gasteiger partial charge in [0.15, 0.2) is 0 Å². The van der Waals surface area contributed by atoms with Gasteiger partial charge in [-0.1, -0.05) is 26.7 Å². The van der Waals surface area contributed by atoms with Gasteiger partial charge in [-0.05, 0) is 38.5 Å². The van der Waals surface area contributed by atoms with Crippen molar-refractivity contribution in [1.29, 1.82) is 0 Å². The van der Waals surface area contributed by atoms with Gasteiger partial charge >= 0.3 is 0 Å². The molecule has 0 heterocycles. The molecule has 0 aromatic rings. The standard InChI is InChI=1S/C14H28N2O/c1-4-14(5-2,10-15)13(17)16-11(3)12-8-6-7-9-12/h11-12H,4-10,15H2,1-3H3,(H,16,17)/t11-/m1/s1. The predicted molar refractivity (Wildman–Crippen MR) is 71.6 cm³/mol. The summed E-state index contributed by atoms with van der Waals surface area (Å²) in [5.74, 6) is 0.826. The topological polar surface area (TPSA) is 55.1 Å². The minimum Gasteiger partial charge on any atom is -0.353 e. The third kappa shape index (κ3) is 3.21. The maximum absolute atomic E-state index is 12.3. The van der Waals surface area contributed by atoms with E-state index in [2.05, 4.69) is 26.1 Å². The van der Waals surface area contributed by atoms with E-state index in [1.54, 1.807) is 0 Å². The Morgan fingerprint density at radius 1 is 1.35 bits per heavy atom. The molecule has 1 aliphatic carbocycles. The Kier molecular flexibility index (Phi) is 5.44. The second-order valence-electron chi connectivity index (χ2n) is 5.50. The van der Waals surface area contributed by atoms with Crippen molar-refractivity contribution in [1.82, 2.24) is 5.32 Å². The van der Waals surface area contributed by atoms with Crippen molar-refractivity contribution in [3.05, 3.63) is 0 Å². The molecule has 0 spiro atoms. The number of amides is 1. The van der Waals surface area contributed by atoms with Crippen molar-refractivity contribution < 1.29 is 4.79 Å². The van der Waals surface area contributed by atoms with Crippen LogP contribution in [0.15, 0.2) is 0 Å². The summed E-state index contributed by atoms with van der Waals surface area (Å²) in [6.07, 6.45) is 6.79. The van der Waals surface area contributed by atoms with Gasteiger partial charge in [-0.2, -0.15) is 0 Å². The number of nitrogens with one attached hydrogen (secondary N) is 1. The lowest BCUT2D eigenvalue weighted by Crippen LogP contribution is -2.49. The van der Waals surface area contributed by atoms with Gasteiger partial charge in [-0.3, -0.25) is 4.79 Å². The molecule has 1 rings (SSSR count). The van der Waals surface area contributed by atoms with Crippen LogP contribution in [0, 0.1) is 11.3 Å². The molecular weight excluding hydrogens is 212 g/mol. The van der Waals surface area contributed by atoms with Crippen molar-refractivity contribution in [2.45, 2.75) is 65.3 Å². The maximum atomic E-state index is 12.3. The van der Waals surface area contributed by atoms with Crippen molar-refractivity contribution in [3.8, 4) is 0 Å². The molecular formula is C14H28N2O. The first kappa shape index (κ1) is 14.5. The van der Waals surface area contributed by atoms with Crippen LogP contribution >= 0.6 is 0 Å². The van der Waals surface area contributed by atoms with Crippen LogP contribution in [0.1, 0.15) is 59.3 Å². The molecule has 0 saturated heterocycles. The summed E-state index contributed by atoms with van der Waals surface area (Å²) >= 11 is 0. The zero-order valence-corrected chi connectivity index (χ0v) is 11.6. The van der Waals surface area contributed by atoms with Gasteiger partial charge in [-0.25, -0.2) is 0 Å². The molecule has 1 saturated carbocycles. The highest BCUT2D eigenvalue weighted by Gasteiger charge is 2.35. The van der Waals surface area contributed by atoms with Gasteiger partial charge in [0, 0.05) is 12.6 Å². The molecule has 1 fully saturated rings. The highest BCUT2D eigenvalue weighted by molar-refractivity contribution is 5.83. The Morgan fingerprint density at radius 3 is 2.29 bits per heavy atom. The lowest BCUT2D eigenvalue weighted by molar-refractivity contribution is -0.132. The number of rotatable bonds is 6. The maximum Gasteiger partial charge on any atom is 0.227 e. The lowest BCUT2D eigenvalue weighted by atomic mass is 9.81. The summed E-state index contributed by atoms with van der Waals surface area (Å²) in [5, 5.41) is 3.20. The Hall–Kier alpha value is -0.570. The highest BCUT2D eigenvalue weighted by atomic mass is 16.2. The van der Waals surface area contributed by atoms with Crippen LogP contribution in [0.3, 0.4) is 0 Å². The van der Waals surface area contributed by atoms with E-state index in [1.807, 2.05) is 0 Å². The zero-order chi connectivity index (χ0) is 12.9. The van der Waals surface area contributed by atoms with Crippen LogP contribution in [0.25, 0.3) is 0 Å². The molecule has 1 atom stereocenters. The average molecular weight is 240 g/mol. The summed E-state index contributed by atoms with van der Waals surface area (Å²) in [6, 6.07) is 0.300. The fourth-order valence-electron chi connectivity index (χ4n) is 2.89. The molecule has 3 heteroatoms. The largest absolute Gasteiger partial charge is 0.353 e. The van der Waals surface area contributed by atoms with E-state index in [1.165, 1.54) is 25.7 Å². The fraction of sp³-hybridized carbons (Fsp3) is 0.929. The van der Waals surface area contributed by atoms with Crippen LogP contribution in [0.4, 0.5) is 0 Å². The van der Waals surface area contributed by atoms with E-state index in [0.29, 0.717) is 18.5 Å². The fourth-order valence-corrected chi connectivity index (χ4v) is 2.89. The molecule has 0 aliphatic heterocycles. The van der Waals surface area contributed by atoms with Crippen molar-refractivity contribution >= 4 is 5.91 Å².